The first kappa shape index (κ1) is 17.3. The maximum absolute atomic E-state index is 11.7. The van der Waals surface area contributed by atoms with Crippen LogP contribution < -0.4 is 5.32 Å². The summed E-state index contributed by atoms with van der Waals surface area (Å²) in [6, 6.07) is 5.04. The van der Waals surface area contributed by atoms with Crippen molar-refractivity contribution in [2.75, 3.05) is 13.1 Å². The van der Waals surface area contributed by atoms with Crippen molar-refractivity contribution in [1.82, 2.24) is 20.0 Å². The molecule has 3 rings (SSSR count). The van der Waals surface area contributed by atoms with E-state index in [0.29, 0.717) is 13.1 Å². The lowest BCUT2D eigenvalue weighted by Crippen LogP contribution is -2.45. The molecule has 1 aromatic carbocycles. The Balaban J connectivity index is 1.60. The van der Waals surface area contributed by atoms with Gasteiger partial charge in [0.05, 0.1) is 23.3 Å². The molecule has 1 aliphatic heterocycles. The van der Waals surface area contributed by atoms with Gasteiger partial charge < -0.3 is 5.32 Å². The van der Waals surface area contributed by atoms with Crippen molar-refractivity contribution in [1.29, 1.82) is 0 Å². The van der Waals surface area contributed by atoms with E-state index in [1.165, 1.54) is 6.07 Å². The van der Waals surface area contributed by atoms with E-state index in [0.717, 1.165) is 43.3 Å². The summed E-state index contributed by atoms with van der Waals surface area (Å²) in [5.74, 6) is 0.131. The van der Waals surface area contributed by atoms with Gasteiger partial charge >= 0.3 is 0 Å². The van der Waals surface area contributed by atoms with Gasteiger partial charge in [-0.2, -0.15) is 5.10 Å². The minimum absolute atomic E-state index is 0.0756. The third-order valence-corrected chi connectivity index (χ3v) is 4.60. The summed E-state index contributed by atoms with van der Waals surface area (Å²) >= 11 is 0. The number of nitro groups is 1. The first-order chi connectivity index (χ1) is 12.1. The summed E-state index contributed by atoms with van der Waals surface area (Å²) < 4.78 is 1.80. The third-order valence-electron chi connectivity index (χ3n) is 4.60. The second kappa shape index (κ2) is 7.60. The Hall–Kier alpha value is -2.48. The molecule has 1 aromatic heterocycles. The van der Waals surface area contributed by atoms with Crippen LogP contribution in [0.15, 0.2) is 24.4 Å². The quantitative estimate of drug-likeness (QED) is 0.640. The van der Waals surface area contributed by atoms with Gasteiger partial charge in [-0.3, -0.25) is 24.5 Å². The number of piperidine rings is 1. The van der Waals surface area contributed by atoms with Crippen LogP contribution >= 0.6 is 0 Å². The Labute approximate surface area is 145 Å². The number of rotatable bonds is 6. The number of benzene rings is 1. The highest BCUT2D eigenvalue weighted by molar-refractivity contribution is 5.81. The number of carbonyl (C=O) groups is 1. The Morgan fingerprint density at radius 2 is 2.16 bits per heavy atom. The number of nitro benzene ring substituents is 1. The van der Waals surface area contributed by atoms with Crippen molar-refractivity contribution < 1.29 is 9.72 Å². The molecule has 1 fully saturated rings. The number of non-ortho nitro benzene ring substituents is 1. The second-order valence-electron chi connectivity index (χ2n) is 6.50. The molecule has 1 aliphatic rings. The Morgan fingerprint density at radius 1 is 1.40 bits per heavy atom. The number of hydrogen-bond donors (Lipinski definition) is 1. The minimum atomic E-state index is -0.388. The SMILES string of the molecule is CCCC(=O)NC1CCN(Cn2ncc3ccc([N+](=O)[O-])cc32)CC1. The molecule has 0 atom stereocenters. The van der Waals surface area contributed by atoms with Gasteiger partial charge in [-0.25, -0.2) is 0 Å². The van der Waals surface area contributed by atoms with Crippen LogP contribution in [0.25, 0.3) is 10.9 Å². The van der Waals surface area contributed by atoms with E-state index in [4.69, 9.17) is 0 Å². The van der Waals surface area contributed by atoms with Gasteiger partial charge in [0.15, 0.2) is 0 Å². The van der Waals surface area contributed by atoms with Crippen LogP contribution in [0.5, 0.6) is 0 Å². The molecule has 1 N–H and O–H groups in total. The Kier molecular flexibility index (Phi) is 5.28. The fourth-order valence-corrected chi connectivity index (χ4v) is 3.22. The second-order valence-corrected chi connectivity index (χ2v) is 6.50. The first-order valence-electron chi connectivity index (χ1n) is 8.68. The minimum Gasteiger partial charge on any atom is -0.353 e. The van der Waals surface area contributed by atoms with Crippen LogP contribution in [-0.2, 0) is 11.5 Å². The molecule has 1 saturated heterocycles. The van der Waals surface area contributed by atoms with Crippen LogP contribution in [0.3, 0.4) is 0 Å². The number of likely N-dealkylation sites (tertiary alicyclic amines) is 1. The molecule has 134 valence electrons. The number of nitrogens with one attached hydrogen (secondary N) is 1. The van der Waals surface area contributed by atoms with E-state index in [9.17, 15) is 14.9 Å². The predicted molar refractivity (Wildman–Crippen MR) is 94.0 cm³/mol. The number of aromatic nitrogens is 2. The van der Waals surface area contributed by atoms with Crippen LogP contribution in [0, 0.1) is 10.1 Å². The lowest BCUT2D eigenvalue weighted by Gasteiger charge is -2.32. The normalized spacial score (nSPS) is 16.2. The molecule has 8 heteroatoms. The monoisotopic (exact) mass is 345 g/mol. The predicted octanol–water partition coefficient (Wildman–Crippen LogP) is 2.28. The molecule has 0 aliphatic carbocycles. The van der Waals surface area contributed by atoms with Gasteiger partial charge in [-0.1, -0.05) is 6.92 Å². The van der Waals surface area contributed by atoms with Gasteiger partial charge in [0.25, 0.3) is 5.69 Å². The van der Waals surface area contributed by atoms with Crippen molar-refractivity contribution in [2.24, 2.45) is 0 Å². The number of amides is 1. The number of hydrogen-bond acceptors (Lipinski definition) is 5. The van der Waals surface area contributed by atoms with Gasteiger partial charge in [0.1, 0.15) is 0 Å². The fourth-order valence-electron chi connectivity index (χ4n) is 3.22. The summed E-state index contributed by atoms with van der Waals surface area (Å²) in [4.78, 5) is 24.5. The van der Waals surface area contributed by atoms with Crippen LogP contribution in [0.4, 0.5) is 5.69 Å². The van der Waals surface area contributed by atoms with Crippen molar-refractivity contribution in [3.05, 3.63) is 34.5 Å². The van der Waals surface area contributed by atoms with Crippen molar-refractivity contribution in [3.63, 3.8) is 0 Å². The molecular weight excluding hydrogens is 322 g/mol. The Morgan fingerprint density at radius 3 is 2.84 bits per heavy atom. The average molecular weight is 345 g/mol. The molecule has 2 heterocycles. The zero-order valence-corrected chi connectivity index (χ0v) is 14.4. The zero-order chi connectivity index (χ0) is 17.8. The molecule has 0 saturated carbocycles. The fraction of sp³-hybridized carbons (Fsp3) is 0.529. The molecule has 0 spiro atoms. The van der Waals surface area contributed by atoms with Gasteiger partial charge in [0, 0.05) is 43.1 Å². The highest BCUT2D eigenvalue weighted by Crippen LogP contribution is 2.21. The topological polar surface area (TPSA) is 93.3 Å². The summed E-state index contributed by atoms with van der Waals surface area (Å²) in [6.07, 6.45) is 5.00. The van der Waals surface area contributed by atoms with Crippen molar-refractivity contribution >= 4 is 22.5 Å². The highest BCUT2D eigenvalue weighted by Gasteiger charge is 2.21. The Bertz CT molecular complexity index is 765. The van der Waals surface area contributed by atoms with E-state index in [1.54, 1.807) is 23.0 Å². The van der Waals surface area contributed by atoms with Crippen LogP contribution in [-0.4, -0.2) is 44.6 Å². The van der Waals surface area contributed by atoms with Crippen LogP contribution in [0.1, 0.15) is 32.6 Å². The van der Waals surface area contributed by atoms with E-state index >= 15 is 0 Å². The molecule has 0 bridgehead atoms. The molecule has 1 amide bonds. The molecule has 2 aromatic rings. The summed E-state index contributed by atoms with van der Waals surface area (Å²) in [6.45, 7) is 4.34. The van der Waals surface area contributed by atoms with Gasteiger partial charge in [-0.05, 0) is 25.3 Å². The maximum Gasteiger partial charge on any atom is 0.271 e. The largest absolute Gasteiger partial charge is 0.353 e. The third kappa shape index (κ3) is 4.14. The van der Waals surface area contributed by atoms with E-state index < -0.39 is 0 Å². The summed E-state index contributed by atoms with van der Waals surface area (Å²) in [7, 11) is 0. The molecule has 0 radical (unpaired) electrons. The molecular formula is C17H23N5O3. The molecule has 8 nitrogen and oxygen atoms in total. The van der Waals surface area contributed by atoms with Crippen molar-refractivity contribution in [2.45, 2.75) is 45.3 Å². The lowest BCUT2D eigenvalue weighted by atomic mass is 10.1. The van der Waals surface area contributed by atoms with Crippen molar-refractivity contribution in [3.8, 4) is 0 Å². The average Bonchev–Trinajstić information content (AvgIpc) is 2.99. The van der Waals surface area contributed by atoms with E-state index in [1.807, 2.05) is 6.92 Å². The smallest absolute Gasteiger partial charge is 0.271 e. The van der Waals surface area contributed by atoms with Gasteiger partial charge in [0.2, 0.25) is 5.91 Å². The molecule has 0 unspecified atom stereocenters. The standard InChI is InChI=1S/C17H23N5O3/c1-2-3-17(23)19-14-6-8-20(9-7-14)12-21-16-10-15(22(24)25)5-4-13(16)11-18-21/h4-5,10-11,14H,2-3,6-9,12H2,1H3,(H,19,23). The lowest BCUT2D eigenvalue weighted by molar-refractivity contribution is -0.384. The summed E-state index contributed by atoms with van der Waals surface area (Å²) in [5.41, 5.74) is 0.846. The van der Waals surface area contributed by atoms with E-state index in [2.05, 4.69) is 15.3 Å². The summed E-state index contributed by atoms with van der Waals surface area (Å²) in [5, 5.41) is 19.3. The number of nitrogens with zero attached hydrogens (tertiary/aromatic N) is 4. The maximum atomic E-state index is 11.7. The highest BCUT2D eigenvalue weighted by atomic mass is 16.6. The number of fused-ring (bicyclic) bond motifs is 1. The van der Waals surface area contributed by atoms with Gasteiger partial charge in [-0.15, -0.1) is 0 Å². The number of carbonyl (C=O) groups excluding carboxylic acids is 1. The van der Waals surface area contributed by atoms with E-state index in [-0.39, 0.29) is 22.6 Å². The van der Waals surface area contributed by atoms with Crippen LogP contribution in [0.2, 0.25) is 0 Å². The first-order valence-corrected chi connectivity index (χ1v) is 8.68. The zero-order valence-electron chi connectivity index (χ0n) is 14.4. The molecule has 25 heavy (non-hydrogen) atoms.